The van der Waals surface area contributed by atoms with Gasteiger partial charge in [-0.25, -0.2) is 4.98 Å². The lowest BCUT2D eigenvalue weighted by Gasteiger charge is -2.35. The summed E-state index contributed by atoms with van der Waals surface area (Å²) >= 11 is 1.09. The van der Waals surface area contributed by atoms with E-state index < -0.39 is 11.9 Å². The summed E-state index contributed by atoms with van der Waals surface area (Å²) in [6, 6.07) is 0.441. The fourth-order valence-electron chi connectivity index (χ4n) is 2.53. The van der Waals surface area contributed by atoms with Gasteiger partial charge in [0.05, 0.1) is 6.54 Å². The number of halogens is 3. The van der Waals surface area contributed by atoms with Crippen molar-refractivity contribution in [3.05, 3.63) is 16.1 Å². The van der Waals surface area contributed by atoms with Crippen LogP contribution >= 0.6 is 11.3 Å². The van der Waals surface area contributed by atoms with Crippen LogP contribution in [0.4, 0.5) is 13.2 Å². The lowest BCUT2D eigenvalue weighted by molar-refractivity contribution is -0.140. The Morgan fingerprint density at radius 2 is 2.05 bits per heavy atom. The number of alkyl halides is 3. The lowest BCUT2D eigenvalue weighted by Crippen LogP contribution is -2.42. The van der Waals surface area contributed by atoms with Gasteiger partial charge in [0.25, 0.3) is 0 Å². The van der Waals surface area contributed by atoms with Crippen molar-refractivity contribution in [2.24, 2.45) is 0 Å². The Kier molecular flexibility index (Phi) is 5.04. The van der Waals surface area contributed by atoms with E-state index in [2.05, 4.69) is 21.7 Å². The van der Waals surface area contributed by atoms with Gasteiger partial charge in [0.15, 0.2) is 5.69 Å². The molecule has 114 valence electrons. The van der Waals surface area contributed by atoms with Crippen LogP contribution in [0, 0.1) is 0 Å². The van der Waals surface area contributed by atoms with E-state index in [0.717, 1.165) is 49.2 Å². The third-order valence-corrected chi connectivity index (χ3v) is 4.69. The summed E-state index contributed by atoms with van der Waals surface area (Å²) in [5.74, 6) is 0. The van der Waals surface area contributed by atoms with Crippen molar-refractivity contribution in [3.8, 4) is 0 Å². The van der Waals surface area contributed by atoms with Gasteiger partial charge in [0.1, 0.15) is 5.01 Å². The predicted octanol–water partition coefficient (Wildman–Crippen LogP) is 3.08. The monoisotopic (exact) mass is 307 g/mol. The summed E-state index contributed by atoms with van der Waals surface area (Å²) in [6.07, 6.45) is -2.19. The molecule has 0 bridgehead atoms. The molecule has 0 aromatic carbocycles. The van der Waals surface area contributed by atoms with E-state index in [-0.39, 0.29) is 0 Å². The standard InChI is InChI=1S/C13H20F3N3S/c1-3-19-6-4-10(5-7-19)18(2)8-12-17-11(9-20-12)13(14,15)16/h9-10H,3-8H2,1-2H3. The Morgan fingerprint density at radius 1 is 1.40 bits per heavy atom. The topological polar surface area (TPSA) is 19.4 Å². The minimum atomic E-state index is -4.33. The van der Waals surface area contributed by atoms with E-state index in [0.29, 0.717) is 17.6 Å². The predicted molar refractivity (Wildman–Crippen MR) is 73.7 cm³/mol. The average molecular weight is 307 g/mol. The fourth-order valence-corrected chi connectivity index (χ4v) is 3.40. The largest absolute Gasteiger partial charge is 0.434 e. The van der Waals surface area contributed by atoms with Gasteiger partial charge < -0.3 is 4.90 Å². The van der Waals surface area contributed by atoms with Crippen molar-refractivity contribution < 1.29 is 13.2 Å². The van der Waals surface area contributed by atoms with E-state index in [1.165, 1.54) is 0 Å². The van der Waals surface area contributed by atoms with Gasteiger partial charge in [-0.2, -0.15) is 13.2 Å². The number of piperidine rings is 1. The highest BCUT2D eigenvalue weighted by Gasteiger charge is 2.34. The molecule has 1 aliphatic heterocycles. The van der Waals surface area contributed by atoms with Crippen molar-refractivity contribution in [2.45, 2.75) is 38.5 Å². The zero-order chi connectivity index (χ0) is 14.8. The molecule has 2 rings (SSSR count). The summed E-state index contributed by atoms with van der Waals surface area (Å²) in [4.78, 5) is 8.22. The molecule has 0 atom stereocenters. The van der Waals surface area contributed by atoms with Crippen molar-refractivity contribution >= 4 is 11.3 Å². The van der Waals surface area contributed by atoms with Crippen LogP contribution in [-0.4, -0.2) is 47.5 Å². The van der Waals surface area contributed by atoms with E-state index in [4.69, 9.17) is 0 Å². The van der Waals surface area contributed by atoms with E-state index in [9.17, 15) is 13.2 Å². The van der Waals surface area contributed by atoms with Gasteiger partial charge in [0, 0.05) is 11.4 Å². The summed E-state index contributed by atoms with van der Waals surface area (Å²) < 4.78 is 37.5. The maximum atomic E-state index is 12.5. The third-order valence-electron chi connectivity index (χ3n) is 3.85. The Labute approximate surface area is 121 Å². The number of rotatable bonds is 4. The number of thiazole rings is 1. The van der Waals surface area contributed by atoms with Gasteiger partial charge in [-0.1, -0.05) is 6.92 Å². The molecule has 0 saturated carbocycles. The fraction of sp³-hybridized carbons (Fsp3) is 0.769. The molecule has 0 aliphatic carbocycles. The quantitative estimate of drug-likeness (QED) is 0.852. The molecule has 0 N–H and O–H groups in total. The van der Waals surface area contributed by atoms with Crippen LogP contribution in [0.15, 0.2) is 5.38 Å². The Morgan fingerprint density at radius 3 is 2.55 bits per heavy atom. The molecule has 1 saturated heterocycles. The van der Waals surface area contributed by atoms with E-state index in [1.54, 1.807) is 0 Å². The molecule has 1 aromatic rings. The van der Waals surface area contributed by atoms with Crippen LogP contribution in [0.25, 0.3) is 0 Å². The SMILES string of the molecule is CCN1CCC(N(C)Cc2nc(C(F)(F)F)cs2)CC1. The van der Waals surface area contributed by atoms with Gasteiger partial charge in [-0.3, -0.25) is 4.90 Å². The molecule has 20 heavy (non-hydrogen) atoms. The average Bonchev–Trinajstić information content (AvgIpc) is 2.87. The first-order chi connectivity index (χ1) is 9.40. The molecular weight excluding hydrogens is 287 g/mol. The summed E-state index contributed by atoms with van der Waals surface area (Å²) in [5, 5.41) is 1.64. The maximum Gasteiger partial charge on any atom is 0.434 e. The highest BCUT2D eigenvalue weighted by Crippen LogP contribution is 2.30. The molecule has 3 nitrogen and oxygen atoms in total. The molecule has 2 heterocycles. The maximum absolute atomic E-state index is 12.5. The minimum Gasteiger partial charge on any atom is -0.303 e. The molecule has 0 amide bonds. The summed E-state index contributed by atoms with van der Waals surface area (Å²) in [7, 11) is 1.97. The third kappa shape index (κ3) is 3.93. The van der Waals surface area contributed by atoms with Crippen LogP contribution in [-0.2, 0) is 12.7 Å². The molecule has 0 spiro atoms. The van der Waals surface area contributed by atoms with Crippen molar-refractivity contribution in [3.63, 3.8) is 0 Å². The van der Waals surface area contributed by atoms with Crippen LogP contribution in [0.3, 0.4) is 0 Å². The van der Waals surface area contributed by atoms with Gasteiger partial charge in [0.2, 0.25) is 0 Å². The van der Waals surface area contributed by atoms with Crippen molar-refractivity contribution in [1.29, 1.82) is 0 Å². The Bertz CT molecular complexity index is 425. The Balaban J connectivity index is 1.88. The minimum absolute atomic E-state index is 0.441. The first kappa shape index (κ1) is 15.7. The number of hydrogen-bond donors (Lipinski definition) is 0. The number of nitrogens with zero attached hydrogens (tertiary/aromatic N) is 3. The van der Waals surface area contributed by atoms with E-state index >= 15 is 0 Å². The van der Waals surface area contributed by atoms with Crippen LogP contribution < -0.4 is 0 Å². The normalized spacial score (nSPS) is 18.9. The summed E-state index contributed by atoms with van der Waals surface area (Å²) in [5.41, 5.74) is -0.772. The first-order valence-electron chi connectivity index (χ1n) is 6.84. The highest BCUT2D eigenvalue weighted by atomic mass is 32.1. The second-order valence-electron chi connectivity index (χ2n) is 5.20. The molecule has 0 unspecified atom stereocenters. The zero-order valence-electron chi connectivity index (χ0n) is 11.8. The van der Waals surface area contributed by atoms with Crippen LogP contribution in [0.5, 0.6) is 0 Å². The van der Waals surface area contributed by atoms with E-state index in [1.807, 2.05) is 7.05 Å². The second-order valence-corrected chi connectivity index (χ2v) is 6.15. The molecule has 0 radical (unpaired) electrons. The highest BCUT2D eigenvalue weighted by molar-refractivity contribution is 7.09. The van der Waals surface area contributed by atoms with Gasteiger partial charge >= 0.3 is 6.18 Å². The number of hydrogen-bond acceptors (Lipinski definition) is 4. The number of aromatic nitrogens is 1. The molecule has 7 heteroatoms. The van der Waals surface area contributed by atoms with Crippen LogP contribution in [0.1, 0.15) is 30.5 Å². The zero-order valence-corrected chi connectivity index (χ0v) is 12.6. The molecular formula is C13H20F3N3S. The first-order valence-corrected chi connectivity index (χ1v) is 7.72. The summed E-state index contributed by atoms with van der Waals surface area (Å²) in [6.45, 7) is 5.85. The van der Waals surface area contributed by atoms with Crippen molar-refractivity contribution in [2.75, 3.05) is 26.7 Å². The second kappa shape index (κ2) is 6.41. The van der Waals surface area contributed by atoms with Crippen molar-refractivity contribution in [1.82, 2.24) is 14.8 Å². The van der Waals surface area contributed by atoms with Gasteiger partial charge in [-0.15, -0.1) is 11.3 Å². The molecule has 1 aliphatic rings. The Hall–Kier alpha value is -0.660. The number of likely N-dealkylation sites (tertiary alicyclic amines) is 1. The lowest BCUT2D eigenvalue weighted by atomic mass is 10.0. The molecule has 1 fully saturated rings. The van der Waals surface area contributed by atoms with Crippen LogP contribution in [0.2, 0.25) is 0 Å². The molecule has 1 aromatic heterocycles. The smallest absolute Gasteiger partial charge is 0.303 e. The van der Waals surface area contributed by atoms with Gasteiger partial charge in [-0.05, 0) is 39.5 Å².